The summed E-state index contributed by atoms with van der Waals surface area (Å²) in [6, 6.07) is 3.93. The van der Waals surface area contributed by atoms with Gasteiger partial charge in [-0.05, 0) is 27.4 Å². The molecule has 0 rings (SSSR count). The molecule has 88 valence electrons. The zero-order chi connectivity index (χ0) is 11.4. The molecule has 1 atom stereocenters. The monoisotopic (exact) mass is 233 g/mol. The Morgan fingerprint density at radius 2 is 1.73 bits per heavy atom. The molecule has 2 N–H and O–H groups in total. The summed E-state index contributed by atoms with van der Waals surface area (Å²) in [6.07, 6.45) is 1.23. The predicted octanol–water partition coefficient (Wildman–Crippen LogP) is 2.22. The standard InChI is InChI=1S/C8H17N3.CH2N2.ClH/c1-5-8(11(3)4)10-7-9-6-2;2-1-3;/h8H,5-6H2,1-4H3;2-3H;1H. The maximum absolute atomic E-state index is 5.62. The Balaban J connectivity index is -0.000000320. The fourth-order valence-corrected chi connectivity index (χ4v) is 0.750. The Labute approximate surface area is 97.7 Å². The molecule has 5 nitrogen and oxygen atoms in total. The molecule has 0 radical (unpaired) electrons. The van der Waals surface area contributed by atoms with Crippen LogP contribution in [0.25, 0.3) is 0 Å². The Kier molecular flexibility index (Phi) is 20.2. The van der Waals surface area contributed by atoms with Crippen molar-refractivity contribution in [2.24, 2.45) is 9.98 Å². The second-order valence-corrected chi connectivity index (χ2v) is 2.68. The van der Waals surface area contributed by atoms with Gasteiger partial charge in [-0.3, -0.25) is 4.90 Å². The molecule has 0 aliphatic heterocycles. The second kappa shape index (κ2) is 15.5. The van der Waals surface area contributed by atoms with Crippen molar-refractivity contribution in [2.75, 3.05) is 20.6 Å². The normalized spacial score (nSPS) is 9.67. The lowest BCUT2D eigenvalue weighted by molar-refractivity contribution is 0.296. The Morgan fingerprint density at radius 3 is 2.00 bits per heavy atom. The first kappa shape index (κ1) is 19.6. The summed E-state index contributed by atoms with van der Waals surface area (Å²) in [5.41, 5.74) is 0. The number of nitrogens with zero attached hydrogens (tertiary/aromatic N) is 3. The van der Waals surface area contributed by atoms with Gasteiger partial charge in [0.2, 0.25) is 0 Å². The van der Waals surface area contributed by atoms with Gasteiger partial charge >= 0.3 is 0 Å². The molecule has 0 aliphatic rings. The lowest BCUT2D eigenvalue weighted by Crippen LogP contribution is -2.24. The van der Waals surface area contributed by atoms with E-state index >= 15 is 0 Å². The minimum absolute atomic E-state index is 0. The fourth-order valence-electron chi connectivity index (χ4n) is 0.750. The average Bonchev–Trinajstić information content (AvgIpc) is 2.13. The Bertz CT molecular complexity index is 215. The van der Waals surface area contributed by atoms with E-state index in [4.69, 9.17) is 10.8 Å². The van der Waals surface area contributed by atoms with E-state index in [-0.39, 0.29) is 18.6 Å². The van der Waals surface area contributed by atoms with E-state index in [1.165, 1.54) is 6.01 Å². The summed E-state index contributed by atoms with van der Waals surface area (Å²) >= 11 is 0. The quantitative estimate of drug-likeness (QED) is 0.718. The van der Waals surface area contributed by atoms with Crippen LogP contribution in [-0.4, -0.2) is 43.7 Å². The van der Waals surface area contributed by atoms with E-state index < -0.39 is 0 Å². The van der Waals surface area contributed by atoms with Crippen LogP contribution in [0.15, 0.2) is 9.98 Å². The van der Waals surface area contributed by atoms with Crippen molar-refractivity contribution in [2.45, 2.75) is 26.4 Å². The van der Waals surface area contributed by atoms with Crippen molar-refractivity contribution >= 4 is 24.4 Å². The lowest BCUT2D eigenvalue weighted by Gasteiger charge is -2.15. The molecule has 6 heteroatoms. The third kappa shape index (κ3) is 15.7. The molecule has 0 heterocycles. The van der Waals surface area contributed by atoms with Gasteiger partial charge < -0.3 is 0 Å². The second-order valence-electron chi connectivity index (χ2n) is 2.68. The van der Waals surface area contributed by atoms with Crippen LogP contribution < -0.4 is 0 Å². The topological polar surface area (TPSA) is 75.7 Å². The molecule has 0 bridgehead atoms. The lowest BCUT2D eigenvalue weighted by atomic mass is 10.4. The molecule has 0 saturated carbocycles. The van der Waals surface area contributed by atoms with Crippen molar-refractivity contribution in [1.29, 1.82) is 10.8 Å². The SMILES string of the molecule is CCN=C=NC(CC)N(C)C.Cl.N=C=N. The first-order valence-corrected chi connectivity index (χ1v) is 4.50. The van der Waals surface area contributed by atoms with E-state index in [0.717, 1.165) is 13.0 Å². The number of hydrogen-bond donors (Lipinski definition) is 2. The number of nitrogens with one attached hydrogen (secondary N) is 2. The van der Waals surface area contributed by atoms with Crippen molar-refractivity contribution in [3.8, 4) is 0 Å². The van der Waals surface area contributed by atoms with Gasteiger partial charge in [0.05, 0.1) is 12.0 Å². The van der Waals surface area contributed by atoms with Gasteiger partial charge in [0.1, 0.15) is 6.17 Å². The van der Waals surface area contributed by atoms with Gasteiger partial charge in [-0.25, -0.2) is 20.8 Å². The van der Waals surface area contributed by atoms with Crippen LogP contribution in [0.2, 0.25) is 0 Å². The Hall–Kier alpha value is -0.990. The van der Waals surface area contributed by atoms with E-state index in [2.05, 4.69) is 27.8 Å². The molecule has 0 aromatic rings. The molecule has 1 unspecified atom stereocenters. The summed E-state index contributed by atoms with van der Waals surface area (Å²) in [5, 5.41) is 11.2. The number of hydrogen-bond acceptors (Lipinski definition) is 5. The van der Waals surface area contributed by atoms with Gasteiger partial charge in [-0.2, -0.15) is 0 Å². The molecule has 0 aromatic heterocycles. The van der Waals surface area contributed by atoms with Crippen LogP contribution in [0.4, 0.5) is 0 Å². The van der Waals surface area contributed by atoms with Crippen molar-refractivity contribution in [3.05, 3.63) is 0 Å². The predicted molar refractivity (Wildman–Crippen MR) is 65.9 cm³/mol. The van der Waals surface area contributed by atoms with E-state index in [9.17, 15) is 0 Å². The number of halogens is 1. The summed E-state index contributed by atoms with van der Waals surface area (Å²) < 4.78 is 0. The maximum atomic E-state index is 5.62. The molecular formula is C9H20ClN5. The van der Waals surface area contributed by atoms with Crippen LogP contribution in [0.3, 0.4) is 0 Å². The summed E-state index contributed by atoms with van der Waals surface area (Å²) in [7, 11) is 4.01. The van der Waals surface area contributed by atoms with Crippen molar-refractivity contribution in [3.63, 3.8) is 0 Å². The van der Waals surface area contributed by atoms with Crippen LogP contribution in [0, 0.1) is 10.8 Å². The smallest absolute Gasteiger partial charge is 0.112 e. The van der Waals surface area contributed by atoms with E-state index in [1.54, 1.807) is 0 Å². The van der Waals surface area contributed by atoms with Gasteiger partial charge in [-0.15, -0.1) is 12.4 Å². The highest BCUT2D eigenvalue weighted by molar-refractivity contribution is 5.85. The molecular weight excluding hydrogens is 214 g/mol. The van der Waals surface area contributed by atoms with Crippen LogP contribution in [0.5, 0.6) is 0 Å². The third-order valence-corrected chi connectivity index (χ3v) is 1.40. The zero-order valence-corrected chi connectivity index (χ0v) is 10.6. The molecule has 0 amide bonds. The highest BCUT2D eigenvalue weighted by Crippen LogP contribution is 1.97. The number of aliphatic imine (C=N–C) groups is 2. The molecule has 0 spiro atoms. The largest absolute Gasteiger partial charge is 0.287 e. The minimum Gasteiger partial charge on any atom is -0.287 e. The summed E-state index contributed by atoms with van der Waals surface area (Å²) in [5.74, 6) is 0. The van der Waals surface area contributed by atoms with Gasteiger partial charge in [0.15, 0.2) is 0 Å². The highest BCUT2D eigenvalue weighted by Gasteiger charge is 2.03. The Morgan fingerprint density at radius 1 is 1.27 bits per heavy atom. The fraction of sp³-hybridized carbons (Fsp3) is 0.778. The van der Waals surface area contributed by atoms with Gasteiger partial charge in [0, 0.05) is 6.54 Å². The summed E-state index contributed by atoms with van der Waals surface area (Å²) in [4.78, 5) is 10.1. The van der Waals surface area contributed by atoms with Crippen LogP contribution in [0.1, 0.15) is 20.3 Å². The zero-order valence-electron chi connectivity index (χ0n) is 9.74. The molecule has 0 aromatic carbocycles. The third-order valence-electron chi connectivity index (χ3n) is 1.40. The highest BCUT2D eigenvalue weighted by atomic mass is 35.5. The van der Waals surface area contributed by atoms with Crippen molar-refractivity contribution in [1.82, 2.24) is 4.90 Å². The van der Waals surface area contributed by atoms with Crippen LogP contribution >= 0.6 is 12.4 Å². The number of rotatable bonds is 4. The van der Waals surface area contributed by atoms with Gasteiger partial charge in [-0.1, -0.05) is 6.92 Å². The molecule has 0 aliphatic carbocycles. The first-order valence-electron chi connectivity index (χ1n) is 4.50. The van der Waals surface area contributed by atoms with Crippen molar-refractivity contribution < 1.29 is 0 Å². The van der Waals surface area contributed by atoms with Crippen LogP contribution in [-0.2, 0) is 0 Å². The maximum Gasteiger partial charge on any atom is 0.112 e. The average molecular weight is 234 g/mol. The molecule has 0 saturated heterocycles. The minimum atomic E-state index is 0. The summed E-state index contributed by atoms with van der Waals surface area (Å²) in [6.45, 7) is 4.83. The van der Waals surface area contributed by atoms with E-state index in [1.807, 2.05) is 21.0 Å². The molecule has 0 fully saturated rings. The molecule has 15 heavy (non-hydrogen) atoms. The van der Waals surface area contributed by atoms with Gasteiger partial charge in [0.25, 0.3) is 0 Å². The van der Waals surface area contributed by atoms with E-state index in [0.29, 0.717) is 0 Å². The first-order chi connectivity index (χ1) is 6.63.